The van der Waals surface area contributed by atoms with Crippen LogP contribution in [0.25, 0.3) is 0 Å². The summed E-state index contributed by atoms with van der Waals surface area (Å²) in [6.45, 7) is 10.4. The van der Waals surface area contributed by atoms with Gasteiger partial charge in [-0.05, 0) is 27.2 Å². The highest BCUT2D eigenvalue weighted by atomic mass is 32.1. The molecule has 2 aromatic heterocycles. The Morgan fingerprint density at radius 1 is 1.19 bits per heavy atom. The quantitative estimate of drug-likeness (QED) is 0.843. The topological polar surface area (TPSA) is 53.9 Å². The van der Waals surface area contributed by atoms with Gasteiger partial charge in [-0.15, -0.1) is 11.3 Å². The Balaban J connectivity index is 2.30. The molecule has 0 unspecified atom stereocenters. The van der Waals surface area contributed by atoms with E-state index in [0.717, 1.165) is 42.6 Å². The second-order valence-corrected chi connectivity index (χ2v) is 6.10. The van der Waals surface area contributed by atoms with Crippen molar-refractivity contribution in [2.24, 2.45) is 0 Å². The SMILES string of the molecule is CCCc1cc(N(CC)CC)nc(Nc2ncc(C)s2)n1. The van der Waals surface area contributed by atoms with Crippen molar-refractivity contribution in [1.82, 2.24) is 15.0 Å². The Kier molecular flexibility index (Phi) is 5.50. The van der Waals surface area contributed by atoms with E-state index in [0.29, 0.717) is 5.95 Å². The molecule has 0 atom stereocenters. The lowest BCUT2D eigenvalue weighted by Gasteiger charge is -2.20. The third-order valence-electron chi connectivity index (χ3n) is 3.20. The zero-order valence-corrected chi connectivity index (χ0v) is 14.0. The van der Waals surface area contributed by atoms with Crippen molar-refractivity contribution in [3.63, 3.8) is 0 Å². The number of hydrogen-bond acceptors (Lipinski definition) is 6. The van der Waals surface area contributed by atoms with Crippen LogP contribution in [0.3, 0.4) is 0 Å². The fraction of sp³-hybridized carbons (Fsp3) is 0.533. The molecule has 0 saturated carbocycles. The molecule has 6 heteroatoms. The molecule has 0 radical (unpaired) electrons. The lowest BCUT2D eigenvalue weighted by atomic mass is 10.2. The fourth-order valence-electron chi connectivity index (χ4n) is 2.14. The number of nitrogens with zero attached hydrogens (tertiary/aromatic N) is 4. The van der Waals surface area contributed by atoms with Crippen LogP contribution in [0.15, 0.2) is 12.3 Å². The van der Waals surface area contributed by atoms with Gasteiger partial charge in [-0.3, -0.25) is 5.32 Å². The van der Waals surface area contributed by atoms with E-state index in [9.17, 15) is 0 Å². The molecule has 2 heterocycles. The smallest absolute Gasteiger partial charge is 0.231 e. The Morgan fingerprint density at radius 3 is 2.52 bits per heavy atom. The Bertz CT molecular complexity index is 577. The molecule has 0 saturated heterocycles. The van der Waals surface area contributed by atoms with Crippen LogP contribution in [0.1, 0.15) is 37.8 Å². The zero-order chi connectivity index (χ0) is 15.2. The molecule has 0 aromatic carbocycles. The van der Waals surface area contributed by atoms with Gasteiger partial charge < -0.3 is 4.90 Å². The summed E-state index contributed by atoms with van der Waals surface area (Å²) in [6, 6.07) is 2.09. The van der Waals surface area contributed by atoms with E-state index in [1.54, 1.807) is 11.3 Å². The van der Waals surface area contributed by atoms with E-state index in [-0.39, 0.29) is 0 Å². The molecule has 2 rings (SSSR count). The van der Waals surface area contributed by atoms with Gasteiger partial charge in [0.05, 0.1) is 0 Å². The zero-order valence-electron chi connectivity index (χ0n) is 13.2. The van der Waals surface area contributed by atoms with Crippen LogP contribution in [0.2, 0.25) is 0 Å². The van der Waals surface area contributed by atoms with Crippen LogP contribution in [0, 0.1) is 6.92 Å². The van der Waals surface area contributed by atoms with Gasteiger partial charge in [0.25, 0.3) is 0 Å². The summed E-state index contributed by atoms with van der Waals surface area (Å²) in [4.78, 5) is 17.0. The summed E-state index contributed by atoms with van der Waals surface area (Å²) < 4.78 is 0. The predicted molar refractivity (Wildman–Crippen MR) is 89.7 cm³/mol. The monoisotopic (exact) mass is 305 g/mol. The van der Waals surface area contributed by atoms with Crippen molar-refractivity contribution < 1.29 is 0 Å². The Morgan fingerprint density at radius 2 is 1.95 bits per heavy atom. The van der Waals surface area contributed by atoms with Crippen molar-refractivity contribution >= 4 is 28.2 Å². The normalized spacial score (nSPS) is 10.7. The van der Waals surface area contributed by atoms with Crippen molar-refractivity contribution in [3.05, 3.63) is 22.8 Å². The number of thiazole rings is 1. The predicted octanol–water partition coefficient (Wildman–Crippen LogP) is 3.78. The molecule has 114 valence electrons. The maximum absolute atomic E-state index is 4.63. The van der Waals surface area contributed by atoms with Crippen LogP contribution in [-0.4, -0.2) is 28.0 Å². The van der Waals surface area contributed by atoms with Gasteiger partial charge >= 0.3 is 0 Å². The molecule has 21 heavy (non-hydrogen) atoms. The molecule has 5 nitrogen and oxygen atoms in total. The number of anilines is 3. The minimum Gasteiger partial charge on any atom is -0.357 e. The first-order valence-corrected chi connectivity index (χ1v) is 8.30. The largest absolute Gasteiger partial charge is 0.357 e. The molecule has 0 aliphatic rings. The van der Waals surface area contributed by atoms with E-state index < -0.39 is 0 Å². The van der Waals surface area contributed by atoms with Crippen molar-refractivity contribution in [2.75, 3.05) is 23.3 Å². The van der Waals surface area contributed by atoms with E-state index in [4.69, 9.17) is 0 Å². The first-order chi connectivity index (χ1) is 10.2. The third-order valence-corrected chi connectivity index (χ3v) is 4.03. The second-order valence-electron chi connectivity index (χ2n) is 4.86. The highest BCUT2D eigenvalue weighted by molar-refractivity contribution is 7.15. The summed E-state index contributed by atoms with van der Waals surface area (Å²) in [6.07, 6.45) is 3.89. The van der Waals surface area contributed by atoms with E-state index in [2.05, 4.69) is 52.0 Å². The summed E-state index contributed by atoms with van der Waals surface area (Å²) in [5.41, 5.74) is 1.07. The average Bonchev–Trinajstić information content (AvgIpc) is 2.86. The van der Waals surface area contributed by atoms with Crippen molar-refractivity contribution in [1.29, 1.82) is 0 Å². The van der Waals surface area contributed by atoms with Gasteiger partial charge in [-0.1, -0.05) is 13.3 Å². The van der Waals surface area contributed by atoms with Gasteiger partial charge in [0.2, 0.25) is 5.95 Å². The molecule has 0 fully saturated rings. The summed E-state index contributed by atoms with van der Waals surface area (Å²) in [5, 5.41) is 4.07. The molecule has 0 aliphatic heterocycles. The van der Waals surface area contributed by atoms with Crippen molar-refractivity contribution in [2.45, 2.75) is 40.5 Å². The van der Waals surface area contributed by atoms with E-state index >= 15 is 0 Å². The van der Waals surface area contributed by atoms with E-state index in [1.807, 2.05) is 13.1 Å². The summed E-state index contributed by atoms with van der Waals surface area (Å²) in [7, 11) is 0. The first-order valence-electron chi connectivity index (χ1n) is 7.48. The molecule has 0 spiro atoms. The van der Waals surface area contributed by atoms with E-state index in [1.165, 1.54) is 4.88 Å². The molecule has 1 N–H and O–H groups in total. The number of aromatic nitrogens is 3. The minimum absolute atomic E-state index is 0.636. The maximum Gasteiger partial charge on any atom is 0.231 e. The molecule has 0 bridgehead atoms. The van der Waals surface area contributed by atoms with Crippen LogP contribution in [-0.2, 0) is 6.42 Å². The summed E-state index contributed by atoms with van der Waals surface area (Å²) >= 11 is 1.61. The molecule has 0 aliphatic carbocycles. The summed E-state index contributed by atoms with van der Waals surface area (Å²) in [5.74, 6) is 1.62. The number of hydrogen-bond donors (Lipinski definition) is 1. The lowest BCUT2D eigenvalue weighted by molar-refractivity contribution is 0.824. The number of nitrogens with one attached hydrogen (secondary N) is 1. The molecule has 0 amide bonds. The van der Waals surface area contributed by atoms with Crippen LogP contribution >= 0.6 is 11.3 Å². The van der Waals surface area contributed by atoms with Crippen LogP contribution in [0.5, 0.6) is 0 Å². The van der Waals surface area contributed by atoms with Crippen LogP contribution < -0.4 is 10.2 Å². The third kappa shape index (κ3) is 4.14. The molecular weight excluding hydrogens is 282 g/mol. The average molecular weight is 305 g/mol. The highest BCUT2D eigenvalue weighted by Crippen LogP contribution is 2.22. The highest BCUT2D eigenvalue weighted by Gasteiger charge is 2.10. The molecule has 2 aromatic rings. The van der Waals surface area contributed by atoms with Crippen molar-refractivity contribution in [3.8, 4) is 0 Å². The number of aryl methyl sites for hydroxylation is 2. The van der Waals surface area contributed by atoms with Gasteiger partial charge in [-0.25, -0.2) is 9.97 Å². The minimum atomic E-state index is 0.636. The Hall–Kier alpha value is -1.69. The fourth-order valence-corrected chi connectivity index (χ4v) is 2.80. The standard InChI is InChI=1S/C15H23N5S/c1-5-8-12-9-13(20(6-2)7-3)18-14(17-12)19-15-16-10-11(4)21-15/h9-10H,5-8H2,1-4H3,(H,16,17,18,19). The maximum atomic E-state index is 4.63. The first kappa shape index (κ1) is 15.7. The van der Waals surface area contributed by atoms with Gasteiger partial charge in [-0.2, -0.15) is 4.98 Å². The van der Waals surface area contributed by atoms with Crippen LogP contribution in [0.4, 0.5) is 16.9 Å². The van der Waals surface area contributed by atoms with Gasteiger partial charge in [0.1, 0.15) is 5.82 Å². The molecular formula is C15H23N5S. The second kappa shape index (κ2) is 7.36. The Labute approximate surface area is 130 Å². The number of rotatable bonds is 7. The van der Waals surface area contributed by atoms with Gasteiger partial charge in [0, 0.05) is 35.9 Å². The van der Waals surface area contributed by atoms with Gasteiger partial charge in [0.15, 0.2) is 5.13 Å². The lowest BCUT2D eigenvalue weighted by Crippen LogP contribution is -2.23.